The normalized spacial score (nSPS) is 11.3. The van der Waals surface area contributed by atoms with Gasteiger partial charge in [-0.3, -0.25) is 4.98 Å². The second-order valence-corrected chi connectivity index (χ2v) is 7.45. The largest absolute Gasteiger partial charge is 0.334 e. The van der Waals surface area contributed by atoms with Gasteiger partial charge in [0.25, 0.3) is 0 Å². The Morgan fingerprint density at radius 2 is 1.63 bits per heavy atom. The first-order valence-corrected chi connectivity index (χ1v) is 10.6. The third-order valence-electron chi connectivity index (χ3n) is 5.73. The van der Waals surface area contributed by atoms with Crippen molar-refractivity contribution in [3.8, 4) is 0 Å². The highest BCUT2D eigenvalue weighted by atomic mass is 35.5. The van der Waals surface area contributed by atoms with Crippen LogP contribution in [-0.4, -0.2) is 40.6 Å². The fraction of sp³-hybridized carbons (Fsp3) is 0.320. The summed E-state index contributed by atoms with van der Waals surface area (Å²) >= 11 is 0. The van der Waals surface area contributed by atoms with E-state index in [1.54, 1.807) is 0 Å². The van der Waals surface area contributed by atoms with Gasteiger partial charge >= 0.3 is 0 Å². The number of pyridine rings is 1. The molecule has 0 aliphatic carbocycles. The number of hydrogen-bond donors (Lipinski definition) is 1. The minimum atomic E-state index is 0. The maximum Gasteiger partial charge on any atom is 0.0784 e. The minimum Gasteiger partial charge on any atom is -0.334 e. The maximum absolute atomic E-state index is 4.76. The zero-order valence-electron chi connectivity index (χ0n) is 17.8. The lowest BCUT2D eigenvalue weighted by molar-refractivity contribution is 0.302. The molecule has 30 heavy (non-hydrogen) atoms. The van der Waals surface area contributed by atoms with Crippen LogP contribution < -0.4 is 5.32 Å². The molecular weight excluding hydrogens is 392 g/mol. The van der Waals surface area contributed by atoms with Crippen molar-refractivity contribution >= 4 is 34.2 Å². The van der Waals surface area contributed by atoms with Crippen LogP contribution in [-0.2, 0) is 13.1 Å². The number of benzene rings is 2. The number of para-hydroxylation sites is 1. The average Bonchev–Trinajstić information content (AvgIpc) is 3.09. The predicted molar refractivity (Wildman–Crippen MR) is 130 cm³/mol. The first kappa shape index (κ1) is 22.3. The maximum atomic E-state index is 4.76. The number of nitrogens with zero attached hydrogens (tertiary/aromatic N) is 3. The van der Waals surface area contributed by atoms with E-state index in [9.17, 15) is 0 Å². The summed E-state index contributed by atoms with van der Waals surface area (Å²) in [7, 11) is 0. The summed E-state index contributed by atoms with van der Waals surface area (Å²) in [6.07, 6.45) is 1.95. The van der Waals surface area contributed by atoms with Crippen LogP contribution in [0.3, 0.4) is 0 Å². The molecule has 2 aromatic carbocycles. The molecule has 2 aromatic heterocycles. The van der Waals surface area contributed by atoms with Gasteiger partial charge in [-0.15, -0.1) is 12.4 Å². The lowest BCUT2D eigenvalue weighted by atomic mass is 10.1. The molecule has 5 heteroatoms. The Morgan fingerprint density at radius 1 is 0.900 bits per heavy atom. The van der Waals surface area contributed by atoms with E-state index in [0.29, 0.717) is 0 Å². The van der Waals surface area contributed by atoms with Crippen LogP contribution >= 0.6 is 12.4 Å². The third kappa shape index (κ3) is 4.67. The van der Waals surface area contributed by atoms with Gasteiger partial charge in [-0.2, -0.15) is 0 Å². The fourth-order valence-electron chi connectivity index (χ4n) is 4.12. The topological polar surface area (TPSA) is 33.1 Å². The smallest absolute Gasteiger partial charge is 0.0784 e. The molecule has 0 saturated heterocycles. The van der Waals surface area contributed by atoms with E-state index in [1.807, 2.05) is 6.20 Å². The standard InChI is InChI=1S/C25H30N4.ClH/c1-3-28(4-2)17-16-26-18-23-25-22(14-15-27-23)21-12-8-9-13-24(21)29(25)19-20-10-6-5-7-11-20;/h5-15,26H,3-4,16-19H2,1-2H3;1H. The quantitative estimate of drug-likeness (QED) is 0.381. The van der Waals surface area contributed by atoms with Crippen molar-refractivity contribution in [2.24, 2.45) is 0 Å². The van der Waals surface area contributed by atoms with Crippen molar-refractivity contribution in [3.63, 3.8) is 0 Å². The number of likely N-dealkylation sites (N-methyl/N-ethyl adjacent to an activating group) is 1. The Kier molecular flexibility index (Phi) is 7.86. The summed E-state index contributed by atoms with van der Waals surface area (Å²) in [6.45, 7) is 10.3. The van der Waals surface area contributed by atoms with E-state index in [4.69, 9.17) is 4.98 Å². The molecule has 0 radical (unpaired) electrons. The molecule has 0 unspecified atom stereocenters. The molecule has 158 valence electrons. The highest BCUT2D eigenvalue weighted by Gasteiger charge is 2.14. The summed E-state index contributed by atoms with van der Waals surface area (Å²) in [6, 6.07) is 21.5. The van der Waals surface area contributed by atoms with Gasteiger partial charge in [0, 0.05) is 48.7 Å². The van der Waals surface area contributed by atoms with E-state index in [2.05, 4.69) is 89.3 Å². The zero-order valence-corrected chi connectivity index (χ0v) is 18.7. The van der Waals surface area contributed by atoms with Gasteiger partial charge in [-0.25, -0.2) is 0 Å². The van der Waals surface area contributed by atoms with E-state index in [0.717, 1.165) is 45.0 Å². The van der Waals surface area contributed by atoms with Gasteiger partial charge in [-0.1, -0.05) is 62.4 Å². The van der Waals surface area contributed by atoms with Crippen molar-refractivity contribution < 1.29 is 0 Å². The first-order valence-electron chi connectivity index (χ1n) is 10.6. The number of nitrogens with one attached hydrogen (secondary N) is 1. The minimum absolute atomic E-state index is 0. The third-order valence-corrected chi connectivity index (χ3v) is 5.73. The molecule has 0 aliphatic heterocycles. The molecule has 0 bridgehead atoms. The van der Waals surface area contributed by atoms with Gasteiger partial charge in [0.15, 0.2) is 0 Å². The molecule has 4 nitrogen and oxygen atoms in total. The summed E-state index contributed by atoms with van der Waals surface area (Å²) < 4.78 is 2.43. The summed E-state index contributed by atoms with van der Waals surface area (Å²) in [5.74, 6) is 0. The number of hydrogen-bond acceptors (Lipinski definition) is 3. The molecule has 4 aromatic rings. The second kappa shape index (κ2) is 10.6. The molecule has 0 amide bonds. The number of fused-ring (bicyclic) bond motifs is 3. The summed E-state index contributed by atoms with van der Waals surface area (Å²) in [5, 5.41) is 6.19. The number of aromatic nitrogens is 2. The van der Waals surface area contributed by atoms with Crippen molar-refractivity contribution in [2.75, 3.05) is 26.2 Å². The van der Waals surface area contributed by atoms with Crippen LogP contribution in [0.2, 0.25) is 0 Å². The monoisotopic (exact) mass is 422 g/mol. The Bertz CT molecular complexity index is 1070. The van der Waals surface area contributed by atoms with Crippen molar-refractivity contribution in [1.82, 2.24) is 19.8 Å². The molecule has 0 spiro atoms. The molecule has 2 heterocycles. The number of halogens is 1. The van der Waals surface area contributed by atoms with Gasteiger partial charge in [0.05, 0.1) is 11.2 Å². The predicted octanol–water partition coefficient (Wildman–Crippen LogP) is 5.09. The molecule has 4 rings (SSSR count). The van der Waals surface area contributed by atoms with Crippen LogP contribution in [0.4, 0.5) is 0 Å². The van der Waals surface area contributed by atoms with E-state index >= 15 is 0 Å². The van der Waals surface area contributed by atoms with E-state index in [1.165, 1.54) is 27.4 Å². The molecule has 0 saturated carbocycles. The van der Waals surface area contributed by atoms with Gasteiger partial charge in [-0.05, 0) is 30.8 Å². The Balaban J connectivity index is 0.00000256. The van der Waals surface area contributed by atoms with Gasteiger partial charge < -0.3 is 14.8 Å². The highest BCUT2D eigenvalue weighted by molar-refractivity contribution is 6.08. The van der Waals surface area contributed by atoms with Crippen LogP contribution in [0.25, 0.3) is 21.8 Å². The van der Waals surface area contributed by atoms with Crippen LogP contribution in [0.15, 0.2) is 66.9 Å². The average molecular weight is 423 g/mol. The van der Waals surface area contributed by atoms with Crippen molar-refractivity contribution in [1.29, 1.82) is 0 Å². The summed E-state index contributed by atoms with van der Waals surface area (Å²) in [4.78, 5) is 7.20. The van der Waals surface area contributed by atoms with Crippen molar-refractivity contribution in [2.45, 2.75) is 26.9 Å². The molecule has 0 fully saturated rings. The van der Waals surface area contributed by atoms with E-state index < -0.39 is 0 Å². The molecule has 0 aliphatic rings. The lowest BCUT2D eigenvalue weighted by Gasteiger charge is -2.18. The number of rotatable bonds is 9. The fourth-order valence-corrected chi connectivity index (χ4v) is 4.12. The Hall–Kier alpha value is -2.40. The van der Waals surface area contributed by atoms with Gasteiger partial charge in [0.1, 0.15) is 0 Å². The second-order valence-electron chi connectivity index (χ2n) is 7.45. The molecular formula is C25H31ClN4. The Morgan fingerprint density at radius 3 is 2.40 bits per heavy atom. The van der Waals surface area contributed by atoms with Crippen LogP contribution in [0.1, 0.15) is 25.1 Å². The van der Waals surface area contributed by atoms with Crippen LogP contribution in [0.5, 0.6) is 0 Å². The SMILES string of the molecule is CCN(CC)CCNCc1nccc2c3ccccc3n(Cc3ccccc3)c12.Cl. The van der Waals surface area contributed by atoms with Crippen molar-refractivity contribution in [3.05, 3.63) is 78.1 Å². The van der Waals surface area contributed by atoms with E-state index in [-0.39, 0.29) is 12.4 Å². The first-order chi connectivity index (χ1) is 14.3. The molecule has 1 N–H and O–H groups in total. The zero-order chi connectivity index (χ0) is 20.1. The summed E-state index contributed by atoms with van der Waals surface area (Å²) in [5.41, 5.74) is 4.94. The van der Waals surface area contributed by atoms with Crippen LogP contribution in [0, 0.1) is 0 Å². The molecule has 0 atom stereocenters. The van der Waals surface area contributed by atoms with Gasteiger partial charge in [0.2, 0.25) is 0 Å². The Labute approximate surface area is 185 Å². The lowest BCUT2D eigenvalue weighted by Crippen LogP contribution is -2.31. The highest BCUT2D eigenvalue weighted by Crippen LogP contribution is 2.31.